The van der Waals surface area contributed by atoms with Crippen molar-refractivity contribution >= 4 is 40.7 Å². The summed E-state index contributed by atoms with van der Waals surface area (Å²) in [4.78, 5) is 26.7. The lowest BCUT2D eigenvalue weighted by atomic mass is 9.95. The molecule has 0 aliphatic carbocycles. The normalized spacial score (nSPS) is 15.0. The van der Waals surface area contributed by atoms with Gasteiger partial charge in [0.1, 0.15) is 0 Å². The lowest BCUT2D eigenvalue weighted by molar-refractivity contribution is -0.121. The van der Waals surface area contributed by atoms with Crippen LogP contribution in [0, 0.1) is 5.92 Å². The van der Waals surface area contributed by atoms with E-state index in [9.17, 15) is 9.59 Å². The van der Waals surface area contributed by atoms with Crippen LogP contribution >= 0.6 is 23.2 Å². The third kappa shape index (κ3) is 4.33. The summed E-state index contributed by atoms with van der Waals surface area (Å²) in [6.07, 6.45) is 1.29. The second-order valence-corrected chi connectivity index (χ2v) is 6.87. The number of anilines is 1. The van der Waals surface area contributed by atoms with Crippen LogP contribution in [0.2, 0.25) is 10.0 Å². The Kier molecular flexibility index (Phi) is 5.61. The number of nitrogens with one attached hydrogen (secondary N) is 1. The monoisotopic (exact) mass is 376 g/mol. The van der Waals surface area contributed by atoms with E-state index in [2.05, 4.69) is 5.32 Å². The summed E-state index contributed by atoms with van der Waals surface area (Å²) in [5, 5.41) is 3.72. The molecule has 0 aromatic heterocycles. The first-order chi connectivity index (χ1) is 12.0. The molecule has 3 rings (SSSR count). The summed E-state index contributed by atoms with van der Waals surface area (Å²) in [6, 6.07) is 14.3. The highest BCUT2D eigenvalue weighted by atomic mass is 35.5. The van der Waals surface area contributed by atoms with Gasteiger partial charge in [0.15, 0.2) is 0 Å². The Morgan fingerprint density at radius 1 is 0.960 bits per heavy atom. The van der Waals surface area contributed by atoms with Crippen LogP contribution in [0.3, 0.4) is 0 Å². The van der Waals surface area contributed by atoms with Crippen molar-refractivity contribution in [2.24, 2.45) is 5.92 Å². The number of hydrogen-bond donors (Lipinski definition) is 1. The van der Waals surface area contributed by atoms with Gasteiger partial charge in [-0.05, 0) is 43.2 Å². The zero-order chi connectivity index (χ0) is 17.8. The van der Waals surface area contributed by atoms with Gasteiger partial charge in [-0.1, -0.05) is 41.4 Å². The minimum Gasteiger partial charge on any atom is -0.339 e. The van der Waals surface area contributed by atoms with E-state index in [0.29, 0.717) is 41.5 Å². The fourth-order valence-electron chi connectivity index (χ4n) is 2.92. The summed E-state index contributed by atoms with van der Waals surface area (Å²) in [7, 11) is 0. The molecule has 2 aromatic rings. The molecule has 25 heavy (non-hydrogen) atoms. The molecule has 0 saturated carbocycles. The highest BCUT2D eigenvalue weighted by Gasteiger charge is 2.28. The number of carbonyl (C=O) groups excluding carboxylic acids is 2. The second kappa shape index (κ2) is 7.89. The van der Waals surface area contributed by atoms with E-state index in [-0.39, 0.29) is 17.7 Å². The van der Waals surface area contributed by atoms with E-state index in [0.717, 1.165) is 5.69 Å². The number of para-hydroxylation sites is 1. The molecule has 0 atom stereocenters. The van der Waals surface area contributed by atoms with Crippen molar-refractivity contribution in [3.8, 4) is 0 Å². The molecule has 1 N–H and O–H groups in total. The molecule has 2 aromatic carbocycles. The van der Waals surface area contributed by atoms with Gasteiger partial charge in [0.25, 0.3) is 5.91 Å². The number of carbonyl (C=O) groups is 2. The van der Waals surface area contributed by atoms with Gasteiger partial charge in [0.05, 0.1) is 10.0 Å². The van der Waals surface area contributed by atoms with Gasteiger partial charge in [-0.3, -0.25) is 9.59 Å². The van der Waals surface area contributed by atoms with Gasteiger partial charge in [0.2, 0.25) is 5.91 Å². The first kappa shape index (κ1) is 17.8. The second-order valence-electron chi connectivity index (χ2n) is 6.05. The fourth-order valence-corrected chi connectivity index (χ4v) is 3.22. The topological polar surface area (TPSA) is 49.4 Å². The van der Waals surface area contributed by atoms with Crippen LogP contribution < -0.4 is 5.32 Å². The Hall–Kier alpha value is -2.04. The Morgan fingerprint density at radius 3 is 2.28 bits per heavy atom. The molecular formula is C19H18Cl2N2O2. The van der Waals surface area contributed by atoms with Gasteiger partial charge in [-0.2, -0.15) is 0 Å². The first-order valence-corrected chi connectivity index (χ1v) is 8.90. The highest BCUT2D eigenvalue weighted by molar-refractivity contribution is 6.42. The fraction of sp³-hybridized carbons (Fsp3) is 0.263. The van der Waals surface area contributed by atoms with E-state index in [1.165, 1.54) is 0 Å². The average molecular weight is 377 g/mol. The van der Waals surface area contributed by atoms with Crippen LogP contribution in [0.1, 0.15) is 23.2 Å². The summed E-state index contributed by atoms with van der Waals surface area (Å²) in [6.45, 7) is 1.10. The van der Waals surface area contributed by atoms with Crippen molar-refractivity contribution in [3.63, 3.8) is 0 Å². The number of nitrogens with zero attached hydrogens (tertiary/aromatic N) is 1. The molecule has 0 radical (unpaired) electrons. The highest BCUT2D eigenvalue weighted by Crippen LogP contribution is 2.25. The predicted molar refractivity (Wildman–Crippen MR) is 100 cm³/mol. The van der Waals surface area contributed by atoms with Crippen molar-refractivity contribution in [1.29, 1.82) is 0 Å². The standard InChI is InChI=1S/C19H18Cl2N2O2/c20-16-7-6-14(12-17(16)21)19(25)23-10-8-13(9-11-23)18(24)22-15-4-2-1-3-5-15/h1-7,12-13H,8-11H2,(H,22,24). The van der Waals surface area contributed by atoms with Gasteiger partial charge in [-0.15, -0.1) is 0 Å². The molecule has 1 fully saturated rings. The smallest absolute Gasteiger partial charge is 0.253 e. The minimum atomic E-state index is -0.0851. The molecule has 6 heteroatoms. The minimum absolute atomic E-state index is 0.00726. The molecule has 1 aliphatic heterocycles. The van der Waals surface area contributed by atoms with Crippen LogP contribution in [0.25, 0.3) is 0 Å². The largest absolute Gasteiger partial charge is 0.339 e. The van der Waals surface area contributed by atoms with Crippen molar-refractivity contribution < 1.29 is 9.59 Å². The Balaban J connectivity index is 1.57. The van der Waals surface area contributed by atoms with E-state index in [1.807, 2.05) is 30.3 Å². The summed E-state index contributed by atoms with van der Waals surface area (Å²) < 4.78 is 0. The molecule has 0 spiro atoms. The van der Waals surface area contributed by atoms with E-state index in [1.54, 1.807) is 23.1 Å². The Labute approximate surface area is 156 Å². The molecule has 0 bridgehead atoms. The quantitative estimate of drug-likeness (QED) is 0.857. The number of amides is 2. The zero-order valence-electron chi connectivity index (χ0n) is 13.5. The maximum absolute atomic E-state index is 12.6. The Morgan fingerprint density at radius 2 is 1.64 bits per heavy atom. The third-order valence-electron chi connectivity index (χ3n) is 4.36. The number of rotatable bonds is 3. The molecule has 130 valence electrons. The summed E-state index contributed by atoms with van der Waals surface area (Å²) in [5.41, 5.74) is 1.31. The van der Waals surface area contributed by atoms with Crippen LogP contribution in [-0.4, -0.2) is 29.8 Å². The molecule has 0 unspecified atom stereocenters. The average Bonchev–Trinajstić information content (AvgIpc) is 2.64. The molecule has 1 saturated heterocycles. The zero-order valence-corrected chi connectivity index (χ0v) is 15.1. The summed E-state index contributed by atoms with van der Waals surface area (Å²) >= 11 is 11.9. The first-order valence-electron chi connectivity index (χ1n) is 8.15. The van der Waals surface area contributed by atoms with Crippen molar-refractivity contribution in [3.05, 3.63) is 64.1 Å². The third-order valence-corrected chi connectivity index (χ3v) is 5.10. The number of likely N-dealkylation sites (tertiary alicyclic amines) is 1. The van der Waals surface area contributed by atoms with Crippen LogP contribution in [-0.2, 0) is 4.79 Å². The maximum atomic E-state index is 12.6. The van der Waals surface area contributed by atoms with Gasteiger partial charge < -0.3 is 10.2 Å². The van der Waals surface area contributed by atoms with Gasteiger partial charge in [-0.25, -0.2) is 0 Å². The van der Waals surface area contributed by atoms with Crippen LogP contribution in [0.4, 0.5) is 5.69 Å². The number of piperidine rings is 1. The lowest BCUT2D eigenvalue weighted by Gasteiger charge is -2.31. The number of halogens is 2. The molecule has 2 amide bonds. The Bertz CT molecular complexity index is 772. The number of hydrogen-bond acceptors (Lipinski definition) is 2. The predicted octanol–water partition coefficient (Wildman–Crippen LogP) is 4.48. The van der Waals surface area contributed by atoms with Gasteiger partial charge >= 0.3 is 0 Å². The van der Waals surface area contributed by atoms with E-state index < -0.39 is 0 Å². The van der Waals surface area contributed by atoms with Crippen molar-refractivity contribution in [2.75, 3.05) is 18.4 Å². The van der Waals surface area contributed by atoms with E-state index in [4.69, 9.17) is 23.2 Å². The van der Waals surface area contributed by atoms with Crippen LogP contribution in [0.5, 0.6) is 0 Å². The molecule has 1 aliphatic rings. The molecule has 1 heterocycles. The molecule has 4 nitrogen and oxygen atoms in total. The van der Waals surface area contributed by atoms with Crippen molar-refractivity contribution in [1.82, 2.24) is 4.90 Å². The maximum Gasteiger partial charge on any atom is 0.253 e. The lowest BCUT2D eigenvalue weighted by Crippen LogP contribution is -2.41. The van der Waals surface area contributed by atoms with Crippen molar-refractivity contribution in [2.45, 2.75) is 12.8 Å². The number of benzene rings is 2. The summed E-state index contributed by atoms with van der Waals surface area (Å²) in [5.74, 6) is -0.161. The molecular weight excluding hydrogens is 359 g/mol. The van der Waals surface area contributed by atoms with E-state index >= 15 is 0 Å². The van der Waals surface area contributed by atoms with Crippen LogP contribution in [0.15, 0.2) is 48.5 Å². The SMILES string of the molecule is O=C(Nc1ccccc1)C1CCN(C(=O)c2ccc(Cl)c(Cl)c2)CC1. The van der Waals surface area contributed by atoms with Gasteiger partial charge in [0, 0.05) is 30.3 Å².